The second-order valence-corrected chi connectivity index (χ2v) is 8.14. The molecule has 6 nitrogen and oxygen atoms in total. The van der Waals surface area contributed by atoms with Crippen molar-refractivity contribution in [1.82, 2.24) is 15.2 Å². The number of halogens is 1. The monoisotopic (exact) mass is 425 g/mol. The summed E-state index contributed by atoms with van der Waals surface area (Å²) in [6.45, 7) is 0. The van der Waals surface area contributed by atoms with Gasteiger partial charge in [0.05, 0.1) is 5.03 Å². The number of nitrogens with zero attached hydrogens (tertiary/aromatic N) is 2. The number of pyridine rings is 1. The molecule has 0 spiro atoms. The van der Waals surface area contributed by atoms with E-state index in [-0.39, 0.29) is 10.8 Å². The van der Waals surface area contributed by atoms with E-state index in [1.165, 1.54) is 23.9 Å². The molecule has 0 atom stereocenters. The molecule has 9 heteroatoms. The SMILES string of the molecule is O=S(=O)(Oc1cc(CSc2ccccn2)[nH]n1)c1ccc(Br)cc1. The maximum Gasteiger partial charge on any atom is 0.340 e. The second kappa shape index (κ2) is 7.37. The van der Waals surface area contributed by atoms with E-state index in [9.17, 15) is 8.42 Å². The van der Waals surface area contributed by atoms with E-state index in [4.69, 9.17) is 4.18 Å². The van der Waals surface area contributed by atoms with Crippen LogP contribution in [-0.2, 0) is 15.9 Å². The first-order chi connectivity index (χ1) is 11.5. The summed E-state index contributed by atoms with van der Waals surface area (Å²) in [5, 5.41) is 7.52. The molecule has 124 valence electrons. The summed E-state index contributed by atoms with van der Waals surface area (Å²) in [6, 6.07) is 13.4. The summed E-state index contributed by atoms with van der Waals surface area (Å²) in [5.41, 5.74) is 0.742. The number of nitrogens with one attached hydrogen (secondary N) is 1. The van der Waals surface area contributed by atoms with Gasteiger partial charge in [-0.15, -0.1) is 16.9 Å². The molecular formula is C15H12BrN3O3S2. The quantitative estimate of drug-likeness (QED) is 0.479. The maximum absolute atomic E-state index is 12.2. The van der Waals surface area contributed by atoms with Gasteiger partial charge in [-0.05, 0) is 36.4 Å². The third kappa shape index (κ3) is 4.37. The molecule has 2 heterocycles. The third-order valence-electron chi connectivity index (χ3n) is 2.92. The van der Waals surface area contributed by atoms with Gasteiger partial charge < -0.3 is 4.18 Å². The van der Waals surface area contributed by atoms with Crippen molar-refractivity contribution in [3.8, 4) is 5.88 Å². The third-order valence-corrected chi connectivity index (χ3v) is 5.68. The average Bonchev–Trinajstić information content (AvgIpc) is 3.01. The maximum atomic E-state index is 12.2. The first-order valence-electron chi connectivity index (χ1n) is 6.81. The predicted molar refractivity (Wildman–Crippen MR) is 94.3 cm³/mol. The lowest BCUT2D eigenvalue weighted by Gasteiger charge is -2.03. The van der Waals surface area contributed by atoms with Crippen molar-refractivity contribution in [3.05, 3.63) is 64.9 Å². The Kier molecular flexibility index (Phi) is 5.22. The highest BCUT2D eigenvalue weighted by atomic mass is 79.9. The summed E-state index contributed by atoms with van der Waals surface area (Å²) in [4.78, 5) is 4.27. The zero-order chi connectivity index (χ0) is 17.0. The molecular weight excluding hydrogens is 414 g/mol. The number of hydrogen-bond acceptors (Lipinski definition) is 6. The Morgan fingerprint density at radius 3 is 2.67 bits per heavy atom. The van der Waals surface area contributed by atoms with Crippen LogP contribution in [0.15, 0.2) is 69.1 Å². The molecule has 0 saturated heterocycles. The molecule has 0 radical (unpaired) electrons. The lowest BCUT2D eigenvalue weighted by Crippen LogP contribution is -2.09. The Morgan fingerprint density at radius 2 is 1.96 bits per heavy atom. The van der Waals surface area contributed by atoms with Crippen LogP contribution in [0.2, 0.25) is 0 Å². The number of H-pyrrole nitrogens is 1. The minimum Gasteiger partial charge on any atom is -0.357 e. The van der Waals surface area contributed by atoms with E-state index < -0.39 is 10.1 Å². The van der Waals surface area contributed by atoms with Crippen LogP contribution in [0.25, 0.3) is 0 Å². The van der Waals surface area contributed by atoms with Crippen molar-refractivity contribution >= 4 is 37.8 Å². The minimum atomic E-state index is -3.91. The molecule has 1 N–H and O–H groups in total. The van der Waals surface area contributed by atoms with Gasteiger partial charge in [0, 0.05) is 28.2 Å². The highest BCUT2D eigenvalue weighted by Crippen LogP contribution is 2.23. The largest absolute Gasteiger partial charge is 0.357 e. The highest BCUT2D eigenvalue weighted by Gasteiger charge is 2.18. The molecule has 0 bridgehead atoms. The van der Waals surface area contributed by atoms with Crippen LogP contribution in [0, 0.1) is 0 Å². The molecule has 3 rings (SSSR count). The van der Waals surface area contributed by atoms with Crippen LogP contribution in [0.3, 0.4) is 0 Å². The Bertz CT molecular complexity index is 913. The van der Waals surface area contributed by atoms with Crippen molar-refractivity contribution in [2.75, 3.05) is 0 Å². The van der Waals surface area contributed by atoms with Gasteiger partial charge in [0.15, 0.2) is 0 Å². The first kappa shape index (κ1) is 17.0. The summed E-state index contributed by atoms with van der Waals surface area (Å²) in [6.07, 6.45) is 1.72. The summed E-state index contributed by atoms with van der Waals surface area (Å²) in [7, 11) is -3.91. The molecule has 0 aliphatic heterocycles. The van der Waals surface area contributed by atoms with Gasteiger partial charge in [-0.2, -0.15) is 8.42 Å². The van der Waals surface area contributed by atoms with Crippen molar-refractivity contribution in [2.45, 2.75) is 15.7 Å². The van der Waals surface area contributed by atoms with Gasteiger partial charge in [0.25, 0.3) is 5.88 Å². The fourth-order valence-electron chi connectivity index (χ4n) is 1.80. The van der Waals surface area contributed by atoms with Crippen LogP contribution < -0.4 is 4.18 Å². The van der Waals surface area contributed by atoms with Gasteiger partial charge in [-0.1, -0.05) is 22.0 Å². The van der Waals surface area contributed by atoms with Crippen molar-refractivity contribution < 1.29 is 12.6 Å². The van der Waals surface area contributed by atoms with Gasteiger partial charge in [-0.25, -0.2) is 4.98 Å². The lowest BCUT2D eigenvalue weighted by atomic mass is 10.4. The van der Waals surface area contributed by atoms with Gasteiger partial charge in [0.1, 0.15) is 4.90 Å². The highest BCUT2D eigenvalue weighted by molar-refractivity contribution is 9.10. The summed E-state index contributed by atoms with van der Waals surface area (Å²) < 4.78 is 30.2. The van der Waals surface area contributed by atoms with E-state index in [2.05, 4.69) is 31.1 Å². The molecule has 2 aromatic heterocycles. The molecule has 0 saturated carbocycles. The molecule has 3 aromatic rings. The molecule has 0 fully saturated rings. The molecule has 0 amide bonds. The van der Waals surface area contributed by atoms with E-state index in [0.29, 0.717) is 5.75 Å². The zero-order valence-electron chi connectivity index (χ0n) is 12.2. The zero-order valence-corrected chi connectivity index (χ0v) is 15.4. The van der Waals surface area contributed by atoms with E-state index in [0.717, 1.165) is 15.2 Å². The van der Waals surface area contributed by atoms with Crippen molar-refractivity contribution in [1.29, 1.82) is 0 Å². The van der Waals surface area contributed by atoms with Gasteiger partial charge in [0.2, 0.25) is 0 Å². The minimum absolute atomic E-state index is 0.00883. The lowest BCUT2D eigenvalue weighted by molar-refractivity contribution is 0.475. The van der Waals surface area contributed by atoms with Crippen molar-refractivity contribution in [3.63, 3.8) is 0 Å². The summed E-state index contributed by atoms with van der Waals surface area (Å²) in [5.74, 6) is 0.584. The van der Waals surface area contributed by atoms with Crippen LogP contribution in [0.5, 0.6) is 5.88 Å². The number of thioether (sulfide) groups is 1. The average molecular weight is 426 g/mol. The van der Waals surface area contributed by atoms with Crippen LogP contribution in [0.1, 0.15) is 5.69 Å². The topological polar surface area (TPSA) is 84.9 Å². The summed E-state index contributed by atoms with van der Waals surface area (Å²) >= 11 is 4.77. The van der Waals surface area contributed by atoms with Gasteiger partial charge in [-0.3, -0.25) is 5.10 Å². The van der Waals surface area contributed by atoms with Crippen molar-refractivity contribution in [2.24, 2.45) is 0 Å². The van der Waals surface area contributed by atoms with Crippen LogP contribution in [-0.4, -0.2) is 23.6 Å². The molecule has 24 heavy (non-hydrogen) atoms. The number of hydrogen-bond donors (Lipinski definition) is 1. The standard InChI is InChI=1S/C15H12BrN3O3S2/c16-11-4-6-13(7-5-11)24(20,21)22-14-9-12(18-19-14)10-23-15-3-1-2-8-17-15/h1-9H,10H2,(H,18,19). The molecule has 0 aliphatic rings. The van der Waals surface area contributed by atoms with Crippen LogP contribution >= 0.6 is 27.7 Å². The van der Waals surface area contributed by atoms with E-state index in [1.807, 2.05) is 18.2 Å². The molecule has 1 aromatic carbocycles. The second-order valence-electron chi connectivity index (χ2n) is 4.68. The van der Waals surface area contributed by atoms with Gasteiger partial charge >= 0.3 is 10.1 Å². The van der Waals surface area contributed by atoms with Crippen LogP contribution in [0.4, 0.5) is 0 Å². The number of benzene rings is 1. The Hall–Kier alpha value is -1.84. The number of rotatable bonds is 6. The van der Waals surface area contributed by atoms with E-state index >= 15 is 0 Å². The Balaban J connectivity index is 1.66. The molecule has 0 unspecified atom stereocenters. The predicted octanol–water partition coefficient (Wildman–Crippen LogP) is 3.63. The number of aromatic nitrogens is 3. The fraction of sp³-hybridized carbons (Fsp3) is 0.0667. The first-order valence-corrected chi connectivity index (χ1v) is 10.00. The Morgan fingerprint density at radius 1 is 1.17 bits per heavy atom. The normalized spacial score (nSPS) is 11.4. The number of aromatic amines is 1. The molecule has 0 aliphatic carbocycles. The smallest absolute Gasteiger partial charge is 0.340 e. The Labute approximate surface area is 151 Å². The van der Waals surface area contributed by atoms with E-state index in [1.54, 1.807) is 24.4 Å². The fourth-order valence-corrected chi connectivity index (χ4v) is 3.70.